The molecule has 3 aliphatic heterocycles. The third-order valence-electron chi connectivity index (χ3n) is 5.02. The lowest BCUT2D eigenvalue weighted by atomic mass is 10.0. The molecule has 0 aromatic heterocycles. The van der Waals surface area contributed by atoms with Gasteiger partial charge in [-0.05, 0) is 26.7 Å². The Morgan fingerprint density at radius 1 is 1.17 bits per heavy atom. The summed E-state index contributed by atoms with van der Waals surface area (Å²) >= 11 is 0. The number of nitrogens with one attached hydrogen (secondary N) is 2. The lowest BCUT2D eigenvalue weighted by Crippen LogP contribution is -2.54. The van der Waals surface area contributed by atoms with E-state index in [1.165, 1.54) is 0 Å². The molecule has 3 atom stereocenters. The van der Waals surface area contributed by atoms with Crippen LogP contribution in [0.2, 0.25) is 0 Å². The summed E-state index contributed by atoms with van der Waals surface area (Å²) in [7, 11) is 0. The molecule has 0 aromatic rings. The number of nitrogens with zero attached hydrogens (tertiary/aromatic N) is 2. The van der Waals surface area contributed by atoms with E-state index in [9.17, 15) is 14.4 Å². The zero-order chi connectivity index (χ0) is 17.3. The van der Waals surface area contributed by atoms with E-state index in [0.717, 1.165) is 25.9 Å². The highest BCUT2D eigenvalue weighted by Crippen LogP contribution is 2.22. The van der Waals surface area contributed by atoms with Gasteiger partial charge in [-0.2, -0.15) is 0 Å². The molecule has 0 saturated carbocycles. The highest BCUT2D eigenvalue weighted by Gasteiger charge is 2.35. The zero-order valence-electron chi connectivity index (χ0n) is 14.3. The van der Waals surface area contributed by atoms with Crippen molar-refractivity contribution in [1.82, 2.24) is 20.4 Å². The predicted octanol–water partition coefficient (Wildman–Crippen LogP) is -0.315. The van der Waals surface area contributed by atoms with E-state index >= 15 is 0 Å². The van der Waals surface area contributed by atoms with Gasteiger partial charge >= 0.3 is 6.03 Å². The number of carbonyl (C=O) groups is 3. The number of hydrogen-bond donors (Lipinski definition) is 2. The van der Waals surface area contributed by atoms with Gasteiger partial charge in [0.2, 0.25) is 5.91 Å². The maximum atomic E-state index is 12.4. The van der Waals surface area contributed by atoms with Crippen LogP contribution in [-0.2, 0) is 14.3 Å². The Labute approximate surface area is 141 Å². The maximum absolute atomic E-state index is 12.4. The standard InChI is InChI=1S/C16H26N4O4/c1-10-8-20(9-11(2)24-10)12-3-5-19(6-4-12)14(21)7-13-15(22)18-16(23)17-13/h10-13H,3-9H2,1-2H3,(H2,17,18,22,23). The summed E-state index contributed by atoms with van der Waals surface area (Å²) in [6, 6.07) is -0.770. The number of carbonyl (C=O) groups excluding carboxylic acids is 3. The molecule has 134 valence electrons. The number of imide groups is 1. The first-order chi connectivity index (χ1) is 11.4. The fourth-order valence-corrected chi connectivity index (χ4v) is 3.90. The second-order valence-corrected chi connectivity index (χ2v) is 7.04. The van der Waals surface area contributed by atoms with Crippen molar-refractivity contribution in [3.63, 3.8) is 0 Å². The van der Waals surface area contributed by atoms with Crippen molar-refractivity contribution >= 4 is 17.8 Å². The van der Waals surface area contributed by atoms with Crippen molar-refractivity contribution in [2.45, 2.75) is 57.4 Å². The highest BCUT2D eigenvalue weighted by atomic mass is 16.5. The highest BCUT2D eigenvalue weighted by molar-refractivity contribution is 6.05. The summed E-state index contributed by atoms with van der Waals surface area (Å²) < 4.78 is 5.78. The average Bonchev–Trinajstić information content (AvgIpc) is 2.84. The van der Waals surface area contributed by atoms with Crippen molar-refractivity contribution in [2.24, 2.45) is 0 Å². The van der Waals surface area contributed by atoms with Crippen molar-refractivity contribution in [2.75, 3.05) is 26.2 Å². The summed E-state index contributed by atoms with van der Waals surface area (Å²) in [6.07, 6.45) is 2.41. The topological polar surface area (TPSA) is 91.0 Å². The van der Waals surface area contributed by atoms with Gasteiger partial charge < -0.3 is 15.0 Å². The molecular weight excluding hydrogens is 312 g/mol. The van der Waals surface area contributed by atoms with Gasteiger partial charge in [0.25, 0.3) is 5.91 Å². The number of amides is 4. The van der Waals surface area contributed by atoms with Crippen molar-refractivity contribution in [3.8, 4) is 0 Å². The molecule has 8 nitrogen and oxygen atoms in total. The third-order valence-corrected chi connectivity index (χ3v) is 5.02. The maximum Gasteiger partial charge on any atom is 0.322 e. The smallest absolute Gasteiger partial charge is 0.322 e. The molecule has 3 saturated heterocycles. The zero-order valence-corrected chi connectivity index (χ0v) is 14.3. The minimum Gasteiger partial charge on any atom is -0.373 e. The number of urea groups is 1. The molecule has 0 aliphatic carbocycles. The van der Waals surface area contributed by atoms with E-state index in [1.807, 2.05) is 4.90 Å². The Balaban J connectivity index is 1.47. The second kappa shape index (κ2) is 7.06. The Morgan fingerprint density at radius 3 is 2.33 bits per heavy atom. The van der Waals surface area contributed by atoms with E-state index in [2.05, 4.69) is 29.4 Å². The fraction of sp³-hybridized carbons (Fsp3) is 0.812. The molecule has 24 heavy (non-hydrogen) atoms. The Bertz CT molecular complexity index is 508. The van der Waals surface area contributed by atoms with Crippen LogP contribution in [-0.4, -0.2) is 78.1 Å². The molecule has 0 bridgehead atoms. The van der Waals surface area contributed by atoms with Crippen molar-refractivity contribution in [3.05, 3.63) is 0 Å². The fourth-order valence-electron chi connectivity index (χ4n) is 3.90. The van der Waals surface area contributed by atoms with Gasteiger partial charge in [0.15, 0.2) is 0 Å². The third kappa shape index (κ3) is 3.87. The van der Waals surface area contributed by atoms with Crippen LogP contribution in [0.25, 0.3) is 0 Å². The molecule has 3 heterocycles. The summed E-state index contributed by atoms with van der Waals surface area (Å²) in [5.74, 6) is -0.487. The van der Waals surface area contributed by atoms with Gasteiger partial charge in [-0.3, -0.25) is 19.8 Å². The number of rotatable bonds is 3. The van der Waals surface area contributed by atoms with E-state index in [4.69, 9.17) is 4.74 Å². The van der Waals surface area contributed by atoms with Crippen LogP contribution in [0.4, 0.5) is 4.79 Å². The van der Waals surface area contributed by atoms with Gasteiger partial charge in [-0.25, -0.2) is 4.79 Å². The number of likely N-dealkylation sites (tertiary alicyclic amines) is 1. The summed E-state index contributed by atoms with van der Waals surface area (Å²) in [6.45, 7) is 7.48. The van der Waals surface area contributed by atoms with E-state index in [1.54, 1.807) is 0 Å². The van der Waals surface area contributed by atoms with E-state index in [-0.39, 0.29) is 24.5 Å². The molecule has 0 spiro atoms. The molecule has 8 heteroatoms. The number of ether oxygens (including phenoxy) is 1. The molecule has 3 fully saturated rings. The van der Waals surface area contributed by atoms with Crippen LogP contribution >= 0.6 is 0 Å². The Hall–Kier alpha value is -1.67. The van der Waals surface area contributed by atoms with Crippen LogP contribution in [0, 0.1) is 0 Å². The van der Waals surface area contributed by atoms with E-state index < -0.39 is 18.0 Å². The first-order valence-corrected chi connectivity index (χ1v) is 8.71. The van der Waals surface area contributed by atoms with Gasteiger partial charge in [-0.15, -0.1) is 0 Å². The van der Waals surface area contributed by atoms with Crippen LogP contribution in [0.3, 0.4) is 0 Å². The van der Waals surface area contributed by atoms with E-state index in [0.29, 0.717) is 19.1 Å². The molecule has 3 aliphatic rings. The first-order valence-electron chi connectivity index (χ1n) is 8.71. The minimum atomic E-state index is -0.733. The predicted molar refractivity (Wildman–Crippen MR) is 86.3 cm³/mol. The normalized spacial score (nSPS) is 32.6. The molecule has 2 N–H and O–H groups in total. The molecule has 0 aromatic carbocycles. The molecular formula is C16H26N4O4. The monoisotopic (exact) mass is 338 g/mol. The Kier molecular flexibility index (Phi) is 5.05. The van der Waals surface area contributed by atoms with Gasteiger partial charge in [-0.1, -0.05) is 0 Å². The van der Waals surface area contributed by atoms with Crippen LogP contribution in [0.5, 0.6) is 0 Å². The number of hydrogen-bond acceptors (Lipinski definition) is 5. The lowest BCUT2D eigenvalue weighted by Gasteiger charge is -2.43. The van der Waals surface area contributed by atoms with Crippen LogP contribution in [0.1, 0.15) is 33.1 Å². The number of piperidine rings is 1. The average molecular weight is 338 g/mol. The largest absolute Gasteiger partial charge is 0.373 e. The summed E-state index contributed by atoms with van der Waals surface area (Å²) in [5.41, 5.74) is 0. The van der Waals surface area contributed by atoms with Crippen molar-refractivity contribution < 1.29 is 19.1 Å². The quantitative estimate of drug-likeness (QED) is 0.689. The SMILES string of the molecule is CC1CN(C2CCN(C(=O)CC3NC(=O)NC3=O)CC2)CC(C)O1. The minimum absolute atomic E-state index is 0.0356. The van der Waals surface area contributed by atoms with Gasteiger partial charge in [0, 0.05) is 32.2 Å². The van der Waals surface area contributed by atoms with Crippen LogP contribution < -0.4 is 10.6 Å². The van der Waals surface area contributed by atoms with Crippen LogP contribution in [0.15, 0.2) is 0 Å². The summed E-state index contributed by atoms with van der Waals surface area (Å²) in [4.78, 5) is 39.3. The second-order valence-electron chi connectivity index (χ2n) is 7.04. The Morgan fingerprint density at radius 2 is 1.79 bits per heavy atom. The molecule has 0 radical (unpaired) electrons. The van der Waals surface area contributed by atoms with Gasteiger partial charge in [0.1, 0.15) is 6.04 Å². The van der Waals surface area contributed by atoms with Gasteiger partial charge in [0.05, 0.1) is 18.6 Å². The number of morpholine rings is 1. The molecule has 3 unspecified atom stereocenters. The molecule has 4 amide bonds. The lowest BCUT2D eigenvalue weighted by molar-refractivity contribution is -0.136. The first kappa shape index (κ1) is 17.2. The summed E-state index contributed by atoms with van der Waals surface area (Å²) in [5, 5.41) is 4.63. The molecule has 3 rings (SSSR count). The van der Waals surface area contributed by atoms with Crippen molar-refractivity contribution in [1.29, 1.82) is 0 Å².